The molecule has 0 bridgehead atoms. The molecule has 1 atom stereocenters. The van der Waals surface area contributed by atoms with Gasteiger partial charge in [-0.2, -0.15) is 0 Å². The van der Waals surface area contributed by atoms with E-state index in [0.29, 0.717) is 15.6 Å². The number of halogens is 2. The molecule has 0 aliphatic rings. The summed E-state index contributed by atoms with van der Waals surface area (Å²) in [7, 11) is 0. The summed E-state index contributed by atoms with van der Waals surface area (Å²) in [6.07, 6.45) is -0.743. The fourth-order valence-corrected chi connectivity index (χ4v) is 2.38. The van der Waals surface area contributed by atoms with Crippen LogP contribution in [0.3, 0.4) is 0 Å². The Morgan fingerprint density at radius 3 is 2.27 bits per heavy atom. The van der Waals surface area contributed by atoms with Crippen LogP contribution in [0.15, 0.2) is 18.2 Å². The highest BCUT2D eigenvalue weighted by atomic mass is 35.5. The van der Waals surface area contributed by atoms with Gasteiger partial charge in [0.15, 0.2) is 0 Å². The third-order valence-electron chi connectivity index (χ3n) is 2.65. The fraction of sp³-hybridized carbons (Fsp3) is 0.467. The zero-order valence-corrected chi connectivity index (χ0v) is 14.2. The van der Waals surface area contributed by atoms with Crippen LogP contribution in [0.25, 0.3) is 0 Å². The molecular formula is C15H19Cl2NO4. The van der Waals surface area contributed by atoms with Crippen LogP contribution in [0.1, 0.15) is 32.8 Å². The lowest BCUT2D eigenvalue weighted by atomic mass is 10.0. The fourth-order valence-electron chi connectivity index (χ4n) is 1.83. The molecule has 0 aromatic heterocycles. The van der Waals surface area contributed by atoms with E-state index in [9.17, 15) is 9.59 Å². The van der Waals surface area contributed by atoms with Gasteiger partial charge in [-0.1, -0.05) is 29.3 Å². The summed E-state index contributed by atoms with van der Waals surface area (Å²) >= 11 is 12.2. The first-order valence-corrected chi connectivity index (χ1v) is 7.48. The Kier molecular flexibility index (Phi) is 6.50. The van der Waals surface area contributed by atoms with Crippen molar-refractivity contribution < 1.29 is 19.4 Å². The van der Waals surface area contributed by atoms with Crippen LogP contribution in [0.4, 0.5) is 4.79 Å². The maximum Gasteiger partial charge on any atom is 0.407 e. The number of carboxylic acid groups (broad SMARTS) is 1. The number of carbonyl (C=O) groups is 2. The Hall–Kier alpha value is -1.46. The van der Waals surface area contributed by atoms with Crippen molar-refractivity contribution in [2.75, 3.05) is 0 Å². The summed E-state index contributed by atoms with van der Waals surface area (Å²) in [6, 6.07) is 4.34. The second-order valence-electron chi connectivity index (χ2n) is 5.85. The topological polar surface area (TPSA) is 75.6 Å². The lowest BCUT2D eigenvalue weighted by Crippen LogP contribution is -2.41. The second kappa shape index (κ2) is 7.70. The number of hydrogen-bond acceptors (Lipinski definition) is 3. The van der Waals surface area contributed by atoms with Gasteiger partial charge in [0.1, 0.15) is 5.60 Å². The van der Waals surface area contributed by atoms with Crippen molar-refractivity contribution in [2.24, 2.45) is 0 Å². The highest BCUT2D eigenvalue weighted by Gasteiger charge is 2.23. The maximum absolute atomic E-state index is 11.8. The number of benzene rings is 1. The van der Waals surface area contributed by atoms with E-state index in [2.05, 4.69) is 5.32 Å². The van der Waals surface area contributed by atoms with Gasteiger partial charge in [0.25, 0.3) is 0 Å². The monoisotopic (exact) mass is 347 g/mol. The quantitative estimate of drug-likeness (QED) is 0.846. The highest BCUT2D eigenvalue weighted by Crippen LogP contribution is 2.26. The summed E-state index contributed by atoms with van der Waals surface area (Å²) < 4.78 is 5.14. The Labute approximate surface area is 139 Å². The number of carboxylic acids is 1. The molecule has 1 unspecified atom stereocenters. The van der Waals surface area contributed by atoms with E-state index in [1.165, 1.54) is 0 Å². The van der Waals surface area contributed by atoms with E-state index in [4.69, 9.17) is 33.0 Å². The average molecular weight is 348 g/mol. The Balaban J connectivity index is 2.85. The Bertz CT molecular complexity index is 535. The molecule has 0 fully saturated rings. The summed E-state index contributed by atoms with van der Waals surface area (Å²) in [6.45, 7) is 5.18. The summed E-state index contributed by atoms with van der Waals surface area (Å²) in [5.41, 5.74) is -0.0759. The van der Waals surface area contributed by atoms with Crippen LogP contribution in [0, 0.1) is 0 Å². The molecule has 0 spiro atoms. The van der Waals surface area contributed by atoms with E-state index in [0.717, 1.165) is 0 Å². The normalized spacial score (nSPS) is 12.6. The van der Waals surface area contributed by atoms with Gasteiger partial charge in [-0.05, 0) is 44.9 Å². The highest BCUT2D eigenvalue weighted by molar-refractivity contribution is 6.36. The number of amides is 1. The van der Waals surface area contributed by atoms with E-state index >= 15 is 0 Å². The van der Waals surface area contributed by atoms with Crippen LogP contribution >= 0.6 is 23.2 Å². The molecule has 1 aromatic carbocycles. The third-order valence-corrected chi connectivity index (χ3v) is 3.36. The SMILES string of the molecule is CC(C)(C)OC(=O)NC(CC(=O)O)Cc1c(Cl)cccc1Cl. The lowest BCUT2D eigenvalue weighted by molar-refractivity contribution is -0.137. The van der Waals surface area contributed by atoms with Crippen molar-refractivity contribution in [3.05, 3.63) is 33.8 Å². The first-order valence-electron chi connectivity index (χ1n) is 6.72. The average Bonchev–Trinajstić information content (AvgIpc) is 2.30. The molecule has 0 aliphatic heterocycles. The number of hydrogen-bond donors (Lipinski definition) is 2. The van der Waals surface area contributed by atoms with Crippen molar-refractivity contribution in [3.8, 4) is 0 Å². The van der Waals surface area contributed by atoms with Crippen LogP contribution in [-0.4, -0.2) is 28.8 Å². The van der Waals surface area contributed by atoms with Gasteiger partial charge in [-0.15, -0.1) is 0 Å². The van der Waals surface area contributed by atoms with Crippen molar-refractivity contribution in [1.29, 1.82) is 0 Å². The smallest absolute Gasteiger partial charge is 0.407 e. The zero-order chi connectivity index (χ0) is 16.9. The molecule has 0 saturated heterocycles. The molecule has 2 N–H and O–H groups in total. The van der Waals surface area contributed by atoms with E-state index < -0.39 is 23.7 Å². The molecular weight excluding hydrogens is 329 g/mol. The minimum absolute atomic E-state index is 0.198. The Morgan fingerprint density at radius 2 is 1.82 bits per heavy atom. The summed E-state index contributed by atoms with van der Waals surface area (Å²) in [5, 5.41) is 12.4. The molecule has 1 aromatic rings. The van der Waals surface area contributed by atoms with Crippen molar-refractivity contribution in [2.45, 2.75) is 45.3 Å². The van der Waals surface area contributed by atoms with Crippen LogP contribution in [0.5, 0.6) is 0 Å². The predicted octanol–water partition coefficient (Wildman–Crippen LogP) is 3.90. The van der Waals surface area contributed by atoms with E-state index in [1.54, 1.807) is 39.0 Å². The number of rotatable bonds is 5. The lowest BCUT2D eigenvalue weighted by Gasteiger charge is -2.23. The first-order chi connectivity index (χ1) is 10.1. The van der Waals surface area contributed by atoms with Gasteiger partial charge < -0.3 is 15.2 Å². The summed E-state index contributed by atoms with van der Waals surface area (Å²) in [4.78, 5) is 22.8. The largest absolute Gasteiger partial charge is 0.481 e. The van der Waals surface area contributed by atoms with Gasteiger partial charge >= 0.3 is 12.1 Å². The molecule has 0 saturated carbocycles. The predicted molar refractivity (Wildman–Crippen MR) is 85.6 cm³/mol. The van der Waals surface area contributed by atoms with Crippen molar-refractivity contribution in [3.63, 3.8) is 0 Å². The maximum atomic E-state index is 11.8. The minimum Gasteiger partial charge on any atom is -0.481 e. The molecule has 1 amide bonds. The first kappa shape index (κ1) is 18.6. The van der Waals surface area contributed by atoms with Crippen molar-refractivity contribution >= 4 is 35.3 Å². The standard InChI is InChI=1S/C15H19Cl2NO4/c1-15(2,3)22-14(21)18-9(8-13(19)20)7-10-11(16)5-4-6-12(10)17/h4-6,9H,7-8H2,1-3H3,(H,18,21)(H,19,20). The molecule has 1 rings (SSSR count). The second-order valence-corrected chi connectivity index (χ2v) is 6.66. The van der Waals surface area contributed by atoms with Gasteiger partial charge in [-0.3, -0.25) is 4.79 Å². The van der Waals surface area contributed by atoms with Gasteiger partial charge in [0.05, 0.1) is 6.42 Å². The number of aliphatic carboxylic acids is 1. The summed E-state index contributed by atoms with van der Waals surface area (Å²) in [5.74, 6) is -1.04. The molecule has 0 aliphatic carbocycles. The number of ether oxygens (including phenoxy) is 1. The van der Waals surface area contributed by atoms with E-state index in [1.807, 2.05) is 0 Å². The van der Waals surface area contributed by atoms with Crippen LogP contribution in [0.2, 0.25) is 10.0 Å². The number of nitrogens with one attached hydrogen (secondary N) is 1. The van der Waals surface area contributed by atoms with Gasteiger partial charge in [0.2, 0.25) is 0 Å². The van der Waals surface area contributed by atoms with Crippen LogP contribution in [-0.2, 0) is 16.0 Å². The number of carbonyl (C=O) groups excluding carboxylic acids is 1. The van der Waals surface area contributed by atoms with Crippen molar-refractivity contribution in [1.82, 2.24) is 5.32 Å². The molecule has 22 heavy (non-hydrogen) atoms. The molecule has 0 radical (unpaired) electrons. The molecule has 5 nitrogen and oxygen atoms in total. The molecule has 0 heterocycles. The molecule has 122 valence electrons. The molecule has 7 heteroatoms. The van der Waals surface area contributed by atoms with Crippen LogP contribution < -0.4 is 5.32 Å². The van der Waals surface area contributed by atoms with Gasteiger partial charge in [-0.25, -0.2) is 4.79 Å². The van der Waals surface area contributed by atoms with Gasteiger partial charge in [0, 0.05) is 16.1 Å². The minimum atomic E-state index is -1.04. The Morgan fingerprint density at radius 1 is 1.27 bits per heavy atom. The number of alkyl carbamates (subject to hydrolysis) is 1. The van der Waals surface area contributed by atoms with E-state index in [-0.39, 0.29) is 12.8 Å². The third kappa shape index (κ3) is 6.54. The zero-order valence-electron chi connectivity index (χ0n) is 12.7.